The average molecular weight is 633 g/mol. The molecule has 7 heteroatoms. The van der Waals surface area contributed by atoms with Gasteiger partial charge in [0.25, 0.3) is 0 Å². The molecular formula is C34H38BrN3O2S. The van der Waals surface area contributed by atoms with Crippen LogP contribution in [0.2, 0.25) is 0 Å². The van der Waals surface area contributed by atoms with Crippen LogP contribution in [-0.4, -0.2) is 49.1 Å². The largest absolute Gasteiger partial charge is 0.489 e. The molecule has 2 fully saturated rings. The number of nitrogens with one attached hydrogen (secondary N) is 2. The minimum absolute atomic E-state index is 0.127. The highest BCUT2D eigenvalue weighted by molar-refractivity contribution is 9.10. The lowest BCUT2D eigenvalue weighted by Crippen LogP contribution is -2.44. The van der Waals surface area contributed by atoms with Crippen LogP contribution in [0.4, 0.5) is 0 Å². The fraction of sp³-hybridized carbons (Fsp3) is 0.382. The summed E-state index contributed by atoms with van der Waals surface area (Å²) in [6, 6.07) is 24.1. The first-order chi connectivity index (χ1) is 20.0. The van der Waals surface area contributed by atoms with Gasteiger partial charge < -0.3 is 15.4 Å². The lowest BCUT2D eigenvalue weighted by molar-refractivity contribution is -0.121. The number of nitrogens with zero attached hydrogens (tertiary/aromatic N) is 1. The Kier molecular flexibility index (Phi) is 9.06. The highest BCUT2D eigenvalue weighted by Crippen LogP contribution is 2.31. The molecule has 0 atom stereocenters. The fourth-order valence-electron chi connectivity index (χ4n) is 5.87. The molecule has 214 valence electrons. The first kappa shape index (κ1) is 28.4. The molecule has 0 bridgehead atoms. The van der Waals surface area contributed by atoms with Gasteiger partial charge in [-0.1, -0.05) is 42.0 Å². The summed E-state index contributed by atoms with van der Waals surface area (Å²) >= 11 is 5.45. The van der Waals surface area contributed by atoms with E-state index in [2.05, 4.69) is 105 Å². The quantitative estimate of drug-likeness (QED) is 0.218. The summed E-state index contributed by atoms with van der Waals surface area (Å²) in [7, 11) is 0. The van der Waals surface area contributed by atoms with Gasteiger partial charge in [-0.15, -0.1) is 11.3 Å². The van der Waals surface area contributed by atoms with Crippen molar-refractivity contribution >= 4 is 43.3 Å². The molecule has 3 aromatic carbocycles. The van der Waals surface area contributed by atoms with E-state index in [0.717, 1.165) is 73.5 Å². The predicted octanol–water partition coefficient (Wildman–Crippen LogP) is 7.09. The number of aryl methyl sites for hydroxylation is 1. The van der Waals surface area contributed by atoms with Crippen molar-refractivity contribution in [1.82, 2.24) is 15.5 Å². The van der Waals surface area contributed by atoms with Gasteiger partial charge in [0.15, 0.2) is 0 Å². The van der Waals surface area contributed by atoms with Crippen molar-refractivity contribution in [2.75, 3.05) is 26.2 Å². The number of piperidine rings is 2. The number of benzene rings is 3. The number of ether oxygens (including phenoxy) is 1. The van der Waals surface area contributed by atoms with E-state index < -0.39 is 0 Å². The van der Waals surface area contributed by atoms with Crippen molar-refractivity contribution in [1.29, 1.82) is 0 Å². The van der Waals surface area contributed by atoms with Gasteiger partial charge in [0.05, 0.1) is 10.9 Å². The smallest absolute Gasteiger partial charge is 0.225 e. The first-order valence-corrected chi connectivity index (χ1v) is 16.4. The third-order valence-electron chi connectivity index (χ3n) is 8.22. The minimum atomic E-state index is 0.127. The van der Waals surface area contributed by atoms with Gasteiger partial charge in [-0.2, -0.15) is 0 Å². The van der Waals surface area contributed by atoms with Gasteiger partial charge >= 0.3 is 0 Å². The SMILES string of the molecule is Cc1ccc(-c2ccc3sc(CC(=O)NC4CCN(Cc5ccc(OC6CCNCC6)c(Br)c5)CC4)cc3c2)cc1. The molecular weight excluding hydrogens is 594 g/mol. The van der Waals surface area contributed by atoms with Crippen LogP contribution in [0, 0.1) is 6.92 Å². The van der Waals surface area contributed by atoms with Crippen LogP contribution in [0.25, 0.3) is 21.2 Å². The topological polar surface area (TPSA) is 53.6 Å². The molecule has 6 rings (SSSR count). The second kappa shape index (κ2) is 13.1. The van der Waals surface area contributed by atoms with Crippen molar-refractivity contribution in [3.8, 4) is 16.9 Å². The maximum absolute atomic E-state index is 12.9. The first-order valence-electron chi connectivity index (χ1n) is 14.8. The number of likely N-dealkylation sites (tertiary alicyclic amines) is 1. The van der Waals surface area contributed by atoms with Crippen molar-refractivity contribution < 1.29 is 9.53 Å². The summed E-state index contributed by atoms with van der Waals surface area (Å²) in [4.78, 5) is 16.5. The molecule has 0 unspecified atom stereocenters. The number of hydrogen-bond donors (Lipinski definition) is 2. The van der Waals surface area contributed by atoms with Crippen LogP contribution >= 0.6 is 27.3 Å². The summed E-state index contributed by atoms with van der Waals surface area (Å²) in [5, 5.41) is 7.90. The molecule has 2 aliphatic heterocycles. The van der Waals surface area contributed by atoms with Crippen molar-refractivity contribution in [3.63, 3.8) is 0 Å². The lowest BCUT2D eigenvalue weighted by atomic mass is 10.0. The Hall–Kier alpha value is -2.71. The standard InChI is InChI=1S/C34H38BrN3O2S/c1-23-2-5-25(6-3-23)26-7-9-33-27(19-26)20-30(41-33)21-34(39)37-28-12-16-38(17-13-28)22-24-4-8-32(31(35)18-24)40-29-10-14-36-15-11-29/h2-9,18-20,28-29,36H,10-17,21-22H2,1H3,(H,37,39). The summed E-state index contributed by atoms with van der Waals surface area (Å²) < 4.78 is 8.49. The van der Waals surface area contributed by atoms with Crippen LogP contribution in [0.1, 0.15) is 41.7 Å². The van der Waals surface area contributed by atoms with Crippen LogP contribution < -0.4 is 15.4 Å². The number of halogens is 1. The Morgan fingerprint density at radius 1 is 0.976 bits per heavy atom. The average Bonchev–Trinajstić information content (AvgIpc) is 3.38. The van der Waals surface area contributed by atoms with Gasteiger partial charge in [-0.25, -0.2) is 0 Å². The van der Waals surface area contributed by atoms with Crippen molar-refractivity contribution in [2.24, 2.45) is 0 Å². The zero-order valence-electron chi connectivity index (χ0n) is 23.6. The summed E-state index contributed by atoms with van der Waals surface area (Å²) in [5.41, 5.74) is 4.99. The van der Waals surface area contributed by atoms with Gasteiger partial charge in [0.1, 0.15) is 11.9 Å². The molecule has 3 heterocycles. The Morgan fingerprint density at radius 2 is 1.73 bits per heavy atom. The lowest BCUT2D eigenvalue weighted by Gasteiger charge is -2.32. The van der Waals surface area contributed by atoms with E-state index in [-0.39, 0.29) is 11.9 Å². The number of fused-ring (bicyclic) bond motifs is 1. The Balaban J connectivity index is 0.972. The summed E-state index contributed by atoms with van der Waals surface area (Å²) in [6.07, 6.45) is 4.81. The Morgan fingerprint density at radius 3 is 2.49 bits per heavy atom. The highest BCUT2D eigenvalue weighted by Gasteiger charge is 2.22. The molecule has 4 aromatic rings. The monoisotopic (exact) mass is 631 g/mol. The minimum Gasteiger partial charge on any atom is -0.489 e. The number of amides is 1. The van der Waals surface area contributed by atoms with Gasteiger partial charge in [0, 0.05) is 35.3 Å². The number of rotatable bonds is 8. The predicted molar refractivity (Wildman–Crippen MR) is 173 cm³/mol. The third kappa shape index (κ3) is 7.39. The highest BCUT2D eigenvalue weighted by atomic mass is 79.9. The molecule has 2 N–H and O–H groups in total. The van der Waals surface area contributed by atoms with Crippen LogP contribution in [0.3, 0.4) is 0 Å². The van der Waals surface area contributed by atoms with E-state index >= 15 is 0 Å². The van der Waals surface area contributed by atoms with E-state index in [1.165, 1.54) is 32.3 Å². The number of thiophene rings is 1. The van der Waals surface area contributed by atoms with E-state index in [0.29, 0.717) is 12.5 Å². The number of carbonyl (C=O) groups excluding carboxylic acids is 1. The van der Waals surface area contributed by atoms with Crippen molar-refractivity contribution in [2.45, 2.75) is 57.7 Å². The molecule has 0 spiro atoms. The van der Waals surface area contributed by atoms with E-state index in [1.807, 2.05) is 0 Å². The molecule has 1 amide bonds. The number of carbonyl (C=O) groups is 1. The maximum atomic E-state index is 12.9. The van der Waals surface area contributed by atoms with Gasteiger partial charge in [0.2, 0.25) is 5.91 Å². The normalized spacial score (nSPS) is 17.1. The summed E-state index contributed by atoms with van der Waals surface area (Å²) in [5.74, 6) is 1.06. The van der Waals surface area contributed by atoms with Crippen LogP contribution in [0.15, 0.2) is 71.2 Å². The Labute approximate surface area is 255 Å². The molecule has 1 aromatic heterocycles. The van der Waals surface area contributed by atoms with Crippen LogP contribution in [-0.2, 0) is 17.8 Å². The summed E-state index contributed by atoms with van der Waals surface area (Å²) in [6.45, 7) is 7.05. The molecule has 0 radical (unpaired) electrons. The van der Waals surface area contributed by atoms with Crippen LogP contribution in [0.5, 0.6) is 5.75 Å². The van der Waals surface area contributed by atoms with E-state index in [9.17, 15) is 4.79 Å². The number of hydrogen-bond acceptors (Lipinski definition) is 5. The second-order valence-corrected chi connectivity index (χ2v) is 13.5. The molecule has 2 saturated heterocycles. The molecule has 41 heavy (non-hydrogen) atoms. The van der Waals surface area contributed by atoms with Gasteiger partial charge in [-0.3, -0.25) is 9.69 Å². The second-order valence-electron chi connectivity index (χ2n) is 11.5. The zero-order valence-corrected chi connectivity index (χ0v) is 26.0. The Bertz CT molecular complexity index is 1490. The molecule has 5 nitrogen and oxygen atoms in total. The molecule has 2 aliphatic rings. The fourth-order valence-corrected chi connectivity index (χ4v) is 7.44. The maximum Gasteiger partial charge on any atom is 0.225 e. The third-order valence-corrected chi connectivity index (χ3v) is 9.96. The molecule has 0 aliphatic carbocycles. The molecule has 0 saturated carbocycles. The van der Waals surface area contributed by atoms with E-state index in [1.54, 1.807) is 11.3 Å². The zero-order chi connectivity index (χ0) is 28.2. The van der Waals surface area contributed by atoms with Crippen molar-refractivity contribution in [3.05, 3.63) is 87.2 Å². The van der Waals surface area contributed by atoms with Gasteiger partial charge in [-0.05, 0) is 114 Å². The van der Waals surface area contributed by atoms with E-state index in [4.69, 9.17) is 4.74 Å².